The van der Waals surface area contributed by atoms with Crippen molar-refractivity contribution in [1.29, 1.82) is 0 Å². The Balaban J connectivity index is 2.26. The number of nitrogens with zero attached hydrogens (tertiary/aromatic N) is 4. The summed E-state index contributed by atoms with van der Waals surface area (Å²) in [7, 11) is 1.09. The summed E-state index contributed by atoms with van der Waals surface area (Å²) in [5.74, 6) is -4.53. The van der Waals surface area contributed by atoms with Crippen LogP contribution in [-0.4, -0.2) is 37.2 Å². The van der Waals surface area contributed by atoms with E-state index in [9.17, 15) is 31.9 Å². The lowest BCUT2D eigenvalue weighted by atomic mass is 10.1. The molecule has 2 aromatic heterocycles. The number of esters is 1. The Bertz CT molecular complexity index is 1240. The van der Waals surface area contributed by atoms with Gasteiger partial charge in [-0.05, 0) is 18.2 Å². The highest BCUT2D eigenvalue weighted by Gasteiger charge is 2.41. The standard InChI is InChI=1S/C20H14ClF5N4O3/c1-3-9-33-19(32)15(16(31)14-17(20(24,25)26)28-29(2)18(14)21)30-8-7-12(27-30)13-10(22)5-4-6-11(13)23/h3-8,31H,1,9H2,2H3/b16-15-. The van der Waals surface area contributed by atoms with Crippen molar-refractivity contribution < 1.29 is 36.6 Å². The molecular formula is C20H14ClF5N4O3. The number of hydrogen-bond acceptors (Lipinski definition) is 5. The number of aliphatic hydroxyl groups excluding tert-OH is 1. The van der Waals surface area contributed by atoms with Crippen LogP contribution in [0.25, 0.3) is 22.7 Å². The van der Waals surface area contributed by atoms with Crippen LogP contribution in [0.2, 0.25) is 5.15 Å². The number of aromatic nitrogens is 4. The molecule has 3 rings (SSSR count). The van der Waals surface area contributed by atoms with Gasteiger partial charge < -0.3 is 9.84 Å². The first-order valence-electron chi connectivity index (χ1n) is 8.99. The fourth-order valence-electron chi connectivity index (χ4n) is 2.86. The third kappa shape index (κ3) is 4.60. The van der Waals surface area contributed by atoms with E-state index in [4.69, 9.17) is 16.3 Å². The minimum Gasteiger partial charge on any atom is -0.505 e. The first-order chi connectivity index (χ1) is 15.5. The molecule has 0 bridgehead atoms. The predicted molar refractivity (Wildman–Crippen MR) is 108 cm³/mol. The predicted octanol–water partition coefficient (Wildman–Crippen LogP) is 4.85. The van der Waals surface area contributed by atoms with Crippen molar-refractivity contribution >= 4 is 29.0 Å². The third-order valence-electron chi connectivity index (χ3n) is 4.27. The van der Waals surface area contributed by atoms with Gasteiger partial charge in [-0.15, -0.1) is 0 Å². The van der Waals surface area contributed by atoms with Crippen molar-refractivity contribution in [1.82, 2.24) is 19.6 Å². The Hall–Kier alpha value is -3.67. The lowest BCUT2D eigenvalue weighted by Crippen LogP contribution is -2.17. The summed E-state index contributed by atoms with van der Waals surface area (Å²) >= 11 is 5.91. The second-order valence-electron chi connectivity index (χ2n) is 6.46. The first kappa shape index (κ1) is 24.0. The van der Waals surface area contributed by atoms with Crippen molar-refractivity contribution in [3.63, 3.8) is 0 Å². The summed E-state index contributed by atoms with van der Waals surface area (Å²) in [6, 6.07) is 4.15. The SMILES string of the molecule is C=CCOC(=O)/C(=C(/O)c1c(C(F)(F)F)nn(C)c1Cl)n1ccc(-c2c(F)cccc2F)n1. The van der Waals surface area contributed by atoms with Gasteiger partial charge in [0.25, 0.3) is 0 Å². The Kier molecular flexibility index (Phi) is 6.58. The molecule has 0 saturated heterocycles. The fourth-order valence-corrected chi connectivity index (χ4v) is 3.07. The second kappa shape index (κ2) is 9.06. The molecule has 3 aromatic rings. The van der Waals surface area contributed by atoms with E-state index in [1.54, 1.807) is 0 Å². The molecular weight excluding hydrogens is 475 g/mol. The van der Waals surface area contributed by atoms with E-state index in [0.717, 1.165) is 37.5 Å². The van der Waals surface area contributed by atoms with Gasteiger partial charge in [0.2, 0.25) is 0 Å². The van der Waals surface area contributed by atoms with Gasteiger partial charge in [0.15, 0.2) is 17.2 Å². The van der Waals surface area contributed by atoms with Gasteiger partial charge in [-0.1, -0.05) is 30.3 Å². The van der Waals surface area contributed by atoms with E-state index >= 15 is 0 Å². The van der Waals surface area contributed by atoms with Gasteiger partial charge in [0.05, 0.1) is 16.8 Å². The van der Waals surface area contributed by atoms with E-state index in [0.29, 0.717) is 9.36 Å². The fraction of sp³-hybridized carbons (Fsp3) is 0.150. The molecule has 174 valence electrons. The largest absolute Gasteiger partial charge is 0.505 e. The summed E-state index contributed by atoms with van der Waals surface area (Å²) in [6.45, 7) is 2.99. The number of carbonyl (C=O) groups excluding carboxylic acids is 1. The van der Waals surface area contributed by atoms with Crippen LogP contribution in [0.15, 0.2) is 43.1 Å². The van der Waals surface area contributed by atoms with E-state index < -0.39 is 57.2 Å². The summed E-state index contributed by atoms with van der Waals surface area (Å²) in [4.78, 5) is 12.6. The number of carbonyl (C=O) groups is 1. The van der Waals surface area contributed by atoms with Gasteiger partial charge in [0.1, 0.15) is 23.4 Å². The molecule has 0 aliphatic heterocycles. The molecule has 0 aliphatic rings. The number of ether oxygens (including phenoxy) is 1. The van der Waals surface area contributed by atoms with Gasteiger partial charge in [-0.2, -0.15) is 23.4 Å². The molecule has 7 nitrogen and oxygen atoms in total. The van der Waals surface area contributed by atoms with E-state index in [1.807, 2.05) is 0 Å². The summed E-state index contributed by atoms with van der Waals surface area (Å²) in [6.07, 6.45) is -2.87. The normalized spacial score (nSPS) is 12.5. The van der Waals surface area contributed by atoms with Crippen LogP contribution < -0.4 is 0 Å². The van der Waals surface area contributed by atoms with Gasteiger partial charge in [-0.25, -0.2) is 18.3 Å². The van der Waals surface area contributed by atoms with Crippen molar-refractivity contribution in [2.24, 2.45) is 7.05 Å². The number of aliphatic hydroxyl groups is 1. The summed E-state index contributed by atoms with van der Waals surface area (Å²) in [5.41, 5.74) is -4.34. The highest BCUT2D eigenvalue weighted by Crippen LogP contribution is 2.39. The minimum atomic E-state index is -5.05. The maximum atomic E-state index is 14.1. The molecule has 1 N–H and O–H groups in total. The molecule has 0 atom stereocenters. The molecule has 0 aliphatic carbocycles. The van der Waals surface area contributed by atoms with Crippen molar-refractivity contribution in [2.75, 3.05) is 6.61 Å². The molecule has 0 saturated carbocycles. The highest BCUT2D eigenvalue weighted by molar-refractivity contribution is 6.32. The minimum absolute atomic E-state index is 0.305. The Labute approximate surface area is 188 Å². The van der Waals surface area contributed by atoms with Crippen LogP contribution in [0.5, 0.6) is 0 Å². The average Bonchev–Trinajstić information content (AvgIpc) is 3.31. The smallest absolute Gasteiger partial charge is 0.435 e. The van der Waals surface area contributed by atoms with Crippen molar-refractivity contribution in [3.8, 4) is 11.3 Å². The summed E-state index contributed by atoms with van der Waals surface area (Å²) < 4.78 is 74.8. The molecule has 13 heteroatoms. The number of benzene rings is 1. The van der Waals surface area contributed by atoms with E-state index in [-0.39, 0.29) is 12.3 Å². The van der Waals surface area contributed by atoms with Crippen LogP contribution in [0.3, 0.4) is 0 Å². The van der Waals surface area contributed by atoms with Crippen LogP contribution in [0.4, 0.5) is 22.0 Å². The number of aryl methyl sites for hydroxylation is 1. The molecule has 0 amide bonds. The average molecular weight is 489 g/mol. The Morgan fingerprint density at radius 3 is 2.45 bits per heavy atom. The molecule has 0 spiro atoms. The topological polar surface area (TPSA) is 82.2 Å². The second-order valence-corrected chi connectivity index (χ2v) is 6.82. The summed E-state index contributed by atoms with van der Waals surface area (Å²) in [5, 5.41) is 17.2. The lowest BCUT2D eigenvalue weighted by Gasteiger charge is -2.12. The lowest BCUT2D eigenvalue weighted by molar-refractivity contribution is -0.142. The van der Waals surface area contributed by atoms with Crippen molar-refractivity contribution in [2.45, 2.75) is 6.18 Å². The van der Waals surface area contributed by atoms with Crippen LogP contribution in [-0.2, 0) is 22.8 Å². The molecule has 1 aromatic carbocycles. The number of rotatable bonds is 6. The zero-order valence-corrected chi connectivity index (χ0v) is 17.5. The van der Waals surface area contributed by atoms with E-state index in [1.165, 1.54) is 6.08 Å². The molecule has 2 heterocycles. The monoisotopic (exact) mass is 488 g/mol. The van der Waals surface area contributed by atoms with Crippen LogP contribution in [0.1, 0.15) is 11.3 Å². The quantitative estimate of drug-likeness (QED) is 0.176. The molecule has 0 radical (unpaired) electrons. The van der Waals surface area contributed by atoms with Crippen LogP contribution in [0, 0.1) is 11.6 Å². The molecule has 0 fully saturated rings. The van der Waals surface area contributed by atoms with Gasteiger partial charge >= 0.3 is 12.1 Å². The zero-order valence-electron chi connectivity index (χ0n) is 16.7. The number of hydrogen-bond donors (Lipinski definition) is 1. The third-order valence-corrected chi connectivity index (χ3v) is 4.70. The van der Waals surface area contributed by atoms with Gasteiger partial charge in [0, 0.05) is 13.2 Å². The highest BCUT2D eigenvalue weighted by atomic mass is 35.5. The number of alkyl halides is 3. The molecule has 33 heavy (non-hydrogen) atoms. The first-order valence-corrected chi connectivity index (χ1v) is 9.36. The maximum Gasteiger partial charge on any atom is 0.435 e. The van der Waals surface area contributed by atoms with Gasteiger partial charge in [-0.3, -0.25) is 4.68 Å². The Morgan fingerprint density at radius 1 is 1.24 bits per heavy atom. The van der Waals surface area contributed by atoms with E-state index in [2.05, 4.69) is 16.8 Å². The van der Waals surface area contributed by atoms with Crippen molar-refractivity contribution in [3.05, 3.63) is 71.2 Å². The van der Waals surface area contributed by atoms with Crippen LogP contribution >= 0.6 is 11.6 Å². The number of halogens is 6. The Morgan fingerprint density at radius 2 is 1.88 bits per heavy atom. The maximum absolute atomic E-state index is 14.1. The molecule has 0 unspecified atom stereocenters. The zero-order chi connectivity index (χ0) is 24.5.